The first-order valence-corrected chi connectivity index (χ1v) is 7.49. The van der Waals surface area contributed by atoms with Crippen LogP contribution in [0.25, 0.3) is 0 Å². The predicted molar refractivity (Wildman–Crippen MR) is 83.3 cm³/mol. The second-order valence-electron chi connectivity index (χ2n) is 4.46. The molecule has 1 heterocycles. The van der Waals surface area contributed by atoms with Crippen molar-refractivity contribution in [3.05, 3.63) is 58.7 Å². The lowest BCUT2D eigenvalue weighted by Crippen LogP contribution is -2.22. The van der Waals surface area contributed by atoms with Crippen LogP contribution >= 0.6 is 23.4 Å². The smallest absolute Gasteiger partial charge is 0.256 e. The lowest BCUT2D eigenvalue weighted by atomic mass is 10.2. The van der Waals surface area contributed by atoms with Crippen molar-refractivity contribution < 1.29 is 4.79 Å². The summed E-state index contributed by atoms with van der Waals surface area (Å²) in [5.74, 6) is 0.687. The molecule has 1 aromatic carbocycles. The molecule has 20 heavy (non-hydrogen) atoms. The fourth-order valence-electron chi connectivity index (χ4n) is 1.66. The summed E-state index contributed by atoms with van der Waals surface area (Å²) in [7, 11) is 3.45. The number of halogens is 1. The molecule has 0 bridgehead atoms. The Morgan fingerprint density at radius 1 is 1.20 bits per heavy atom. The Morgan fingerprint density at radius 2 is 1.90 bits per heavy atom. The molecule has 3 nitrogen and oxygen atoms in total. The largest absolute Gasteiger partial charge is 0.345 e. The Balaban J connectivity index is 2.21. The number of thioether (sulfide) groups is 1. The number of rotatable bonds is 4. The first kappa shape index (κ1) is 14.9. The zero-order valence-electron chi connectivity index (χ0n) is 11.3. The van der Waals surface area contributed by atoms with Crippen molar-refractivity contribution in [1.82, 2.24) is 9.88 Å². The maximum atomic E-state index is 12.1. The van der Waals surface area contributed by atoms with Gasteiger partial charge in [0.05, 0.1) is 5.56 Å². The van der Waals surface area contributed by atoms with E-state index in [1.807, 2.05) is 30.3 Å². The molecule has 1 aromatic heterocycles. The molecule has 2 rings (SSSR count). The van der Waals surface area contributed by atoms with Gasteiger partial charge in [0.15, 0.2) is 0 Å². The fourth-order valence-corrected chi connectivity index (χ4v) is 2.82. The summed E-state index contributed by atoms with van der Waals surface area (Å²) in [5.41, 5.74) is 1.77. The van der Waals surface area contributed by atoms with E-state index in [4.69, 9.17) is 11.6 Å². The van der Waals surface area contributed by atoms with Gasteiger partial charge >= 0.3 is 0 Å². The molecule has 0 saturated heterocycles. The van der Waals surface area contributed by atoms with E-state index in [0.717, 1.165) is 5.75 Å². The van der Waals surface area contributed by atoms with Crippen LogP contribution < -0.4 is 0 Å². The normalized spacial score (nSPS) is 10.3. The molecule has 0 fully saturated rings. The third kappa shape index (κ3) is 3.74. The highest BCUT2D eigenvalue weighted by Gasteiger charge is 2.15. The van der Waals surface area contributed by atoms with E-state index < -0.39 is 0 Å². The number of hydrogen-bond acceptors (Lipinski definition) is 3. The SMILES string of the molecule is CN(C)C(=O)c1ccc(Cl)nc1SCc1ccccc1. The highest BCUT2D eigenvalue weighted by atomic mass is 35.5. The van der Waals surface area contributed by atoms with Gasteiger partial charge in [0.2, 0.25) is 0 Å². The number of aromatic nitrogens is 1. The maximum Gasteiger partial charge on any atom is 0.256 e. The Bertz CT molecular complexity index is 602. The first-order valence-electron chi connectivity index (χ1n) is 6.13. The monoisotopic (exact) mass is 306 g/mol. The first-order chi connectivity index (χ1) is 9.58. The number of benzene rings is 1. The Morgan fingerprint density at radius 3 is 2.55 bits per heavy atom. The van der Waals surface area contributed by atoms with Gasteiger partial charge in [-0.05, 0) is 17.7 Å². The van der Waals surface area contributed by atoms with Crippen molar-refractivity contribution in [1.29, 1.82) is 0 Å². The number of carbonyl (C=O) groups is 1. The maximum absolute atomic E-state index is 12.1. The summed E-state index contributed by atoms with van der Waals surface area (Å²) < 4.78 is 0. The molecule has 0 aliphatic carbocycles. The zero-order valence-corrected chi connectivity index (χ0v) is 12.9. The molecule has 1 amide bonds. The second kappa shape index (κ2) is 6.77. The van der Waals surface area contributed by atoms with Crippen molar-refractivity contribution in [3.63, 3.8) is 0 Å². The second-order valence-corrected chi connectivity index (χ2v) is 5.81. The summed E-state index contributed by atoms with van der Waals surface area (Å²) in [6.45, 7) is 0. The molecule has 0 radical (unpaired) electrons. The molecular formula is C15H15ClN2OS. The van der Waals surface area contributed by atoms with Crippen LogP contribution in [-0.4, -0.2) is 29.9 Å². The third-order valence-corrected chi connectivity index (χ3v) is 3.95. The van der Waals surface area contributed by atoms with Gasteiger partial charge < -0.3 is 4.90 Å². The van der Waals surface area contributed by atoms with Gasteiger partial charge in [-0.1, -0.05) is 41.9 Å². The average Bonchev–Trinajstić information content (AvgIpc) is 2.45. The van der Waals surface area contributed by atoms with Crippen molar-refractivity contribution in [2.75, 3.05) is 14.1 Å². The summed E-state index contributed by atoms with van der Waals surface area (Å²) in [6, 6.07) is 13.4. The summed E-state index contributed by atoms with van der Waals surface area (Å²) >= 11 is 7.45. The van der Waals surface area contributed by atoms with Crippen molar-refractivity contribution in [2.45, 2.75) is 10.8 Å². The lowest BCUT2D eigenvalue weighted by molar-refractivity contribution is 0.0823. The molecule has 0 spiro atoms. The summed E-state index contributed by atoms with van der Waals surface area (Å²) in [4.78, 5) is 17.9. The molecule has 104 valence electrons. The number of amides is 1. The van der Waals surface area contributed by atoms with Crippen LogP contribution in [0.5, 0.6) is 0 Å². The third-order valence-electron chi connectivity index (χ3n) is 2.68. The van der Waals surface area contributed by atoms with Crippen LogP contribution in [0.15, 0.2) is 47.5 Å². The molecule has 0 saturated carbocycles. The quantitative estimate of drug-likeness (QED) is 0.637. The Hall–Kier alpha value is -1.52. The van der Waals surface area contributed by atoms with Gasteiger partial charge in [-0.3, -0.25) is 4.79 Å². The fraction of sp³-hybridized carbons (Fsp3) is 0.200. The number of nitrogens with zero attached hydrogens (tertiary/aromatic N) is 2. The highest BCUT2D eigenvalue weighted by molar-refractivity contribution is 7.98. The molecule has 0 aliphatic rings. The van der Waals surface area contributed by atoms with E-state index in [-0.39, 0.29) is 5.91 Å². The highest BCUT2D eigenvalue weighted by Crippen LogP contribution is 2.26. The molecular weight excluding hydrogens is 292 g/mol. The molecule has 0 N–H and O–H groups in total. The van der Waals surface area contributed by atoms with E-state index in [2.05, 4.69) is 4.98 Å². The standard InChI is InChI=1S/C15H15ClN2OS/c1-18(2)15(19)12-8-9-13(16)17-14(12)20-10-11-6-4-3-5-7-11/h3-9H,10H2,1-2H3. The van der Waals surface area contributed by atoms with Crippen LogP contribution in [0.1, 0.15) is 15.9 Å². The number of pyridine rings is 1. The van der Waals surface area contributed by atoms with Crippen molar-refractivity contribution >= 4 is 29.3 Å². The van der Waals surface area contributed by atoms with Crippen LogP contribution in [0.3, 0.4) is 0 Å². The van der Waals surface area contributed by atoms with Crippen LogP contribution in [0.4, 0.5) is 0 Å². The minimum absolute atomic E-state index is 0.0651. The van der Waals surface area contributed by atoms with Gasteiger partial charge in [0.1, 0.15) is 10.2 Å². The molecule has 5 heteroatoms. The van der Waals surface area contributed by atoms with Crippen molar-refractivity contribution in [2.24, 2.45) is 0 Å². The molecule has 0 unspecified atom stereocenters. The van der Waals surface area contributed by atoms with Gasteiger partial charge in [-0.15, -0.1) is 11.8 Å². The molecule has 2 aromatic rings. The Kier molecular flexibility index (Phi) is 5.04. The van der Waals surface area contributed by atoms with Gasteiger partial charge in [-0.25, -0.2) is 4.98 Å². The van der Waals surface area contributed by atoms with Crippen LogP contribution in [0, 0.1) is 0 Å². The Labute approximate surface area is 128 Å². The summed E-state index contributed by atoms with van der Waals surface area (Å²) in [6.07, 6.45) is 0. The number of hydrogen-bond donors (Lipinski definition) is 0. The molecule has 0 atom stereocenters. The van der Waals surface area contributed by atoms with Crippen molar-refractivity contribution in [3.8, 4) is 0 Å². The topological polar surface area (TPSA) is 33.2 Å². The number of carbonyl (C=O) groups excluding carboxylic acids is 1. The lowest BCUT2D eigenvalue weighted by Gasteiger charge is -2.13. The minimum atomic E-state index is -0.0651. The van der Waals surface area contributed by atoms with E-state index in [1.165, 1.54) is 22.2 Å². The van der Waals surface area contributed by atoms with E-state index >= 15 is 0 Å². The van der Waals surface area contributed by atoms with Crippen LogP contribution in [0.2, 0.25) is 5.15 Å². The average molecular weight is 307 g/mol. The predicted octanol–water partition coefficient (Wildman–Crippen LogP) is 3.73. The van der Waals surface area contributed by atoms with Gasteiger partial charge in [0, 0.05) is 19.8 Å². The zero-order chi connectivity index (χ0) is 14.5. The van der Waals surface area contributed by atoms with Crippen LogP contribution in [-0.2, 0) is 5.75 Å². The minimum Gasteiger partial charge on any atom is -0.345 e. The molecule has 0 aliphatic heterocycles. The van der Waals surface area contributed by atoms with E-state index in [1.54, 1.807) is 26.2 Å². The van der Waals surface area contributed by atoms with E-state index in [0.29, 0.717) is 15.7 Å². The summed E-state index contributed by atoms with van der Waals surface area (Å²) in [5, 5.41) is 1.07. The van der Waals surface area contributed by atoms with E-state index in [9.17, 15) is 4.79 Å². The van der Waals surface area contributed by atoms with Gasteiger partial charge in [0.25, 0.3) is 5.91 Å². The van der Waals surface area contributed by atoms with Gasteiger partial charge in [-0.2, -0.15) is 0 Å².